The minimum absolute atomic E-state index is 0.0940. The van der Waals surface area contributed by atoms with Gasteiger partial charge in [-0.2, -0.15) is 0 Å². The van der Waals surface area contributed by atoms with Gasteiger partial charge in [0.15, 0.2) is 0 Å². The maximum atomic E-state index is 11.2. The fourth-order valence-corrected chi connectivity index (χ4v) is 1.18. The van der Waals surface area contributed by atoms with Crippen LogP contribution in [0.5, 0.6) is 0 Å². The van der Waals surface area contributed by atoms with Gasteiger partial charge in [0.2, 0.25) is 0 Å². The second-order valence-electron chi connectivity index (χ2n) is 3.78. The van der Waals surface area contributed by atoms with Gasteiger partial charge in [-0.15, -0.1) is 0 Å². The molecule has 1 fully saturated rings. The molecule has 0 bridgehead atoms. The molecule has 2 N–H and O–H groups in total. The third-order valence-electron chi connectivity index (χ3n) is 2.17. The summed E-state index contributed by atoms with van der Waals surface area (Å²) in [7, 11) is 0. The van der Waals surface area contributed by atoms with Gasteiger partial charge in [-0.05, 0) is 13.3 Å². The van der Waals surface area contributed by atoms with Gasteiger partial charge in [0.25, 0.3) is 0 Å². The van der Waals surface area contributed by atoms with E-state index in [0.29, 0.717) is 6.61 Å². The van der Waals surface area contributed by atoms with Crippen LogP contribution in [-0.4, -0.2) is 31.3 Å². The molecule has 0 radical (unpaired) electrons. The number of unbranched alkanes of at least 4 members (excludes halogenated alkanes) is 1. The van der Waals surface area contributed by atoms with Gasteiger partial charge in [-0.3, -0.25) is 0 Å². The Morgan fingerprint density at radius 2 is 2.31 bits per heavy atom. The highest BCUT2D eigenvalue weighted by molar-refractivity contribution is 5.68. The second-order valence-corrected chi connectivity index (χ2v) is 3.78. The molecule has 0 spiro atoms. The Labute approximate surface area is 79.0 Å². The summed E-state index contributed by atoms with van der Waals surface area (Å²) in [5.41, 5.74) is -0.0940. The topological polar surface area (TPSA) is 50.4 Å². The molecule has 13 heavy (non-hydrogen) atoms. The van der Waals surface area contributed by atoms with Crippen molar-refractivity contribution in [2.24, 2.45) is 0 Å². The molecular formula is C9H18N2O2. The van der Waals surface area contributed by atoms with Gasteiger partial charge in [0, 0.05) is 13.1 Å². The summed E-state index contributed by atoms with van der Waals surface area (Å²) in [5, 5.41) is 5.93. The van der Waals surface area contributed by atoms with E-state index in [0.717, 1.165) is 25.9 Å². The molecule has 1 aliphatic heterocycles. The number of hydrogen-bond donors (Lipinski definition) is 2. The van der Waals surface area contributed by atoms with Crippen LogP contribution in [0.25, 0.3) is 0 Å². The molecule has 0 atom stereocenters. The molecule has 1 aliphatic rings. The summed E-state index contributed by atoms with van der Waals surface area (Å²) in [6.07, 6.45) is 1.69. The fraction of sp³-hybridized carbons (Fsp3) is 0.889. The third-order valence-corrected chi connectivity index (χ3v) is 2.17. The lowest BCUT2D eigenvalue weighted by molar-refractivity contribution is 0.123. The van der Waals surface area contributed by atoms with Crippen LogP contribution in [0, 0.1) is 0 Å². The fourth-order valence-electron chi connectivity index (χ4n) is 1.18. The molecule has 76 valence electrons. The Bertz CT molecular complexity index is 178. The van der Waals surface area contributed by atoms with Crippen LogP contribution in [0.2, 0.25) is 0 Å². The Kier molecular flexibility index (Phi) is 3.54. The number of carbonyl (C=O) groups is 1. The van der Waals surface area contributed by atoms with E-state index < -0.39 is 0 Å². The van der Waals surface area contributed by atoms with Gasteiger partial charge in [-0.25, -0.2) is 4.79 Å². The lowest BCUT2D eigenvalue weighted by Crippen LogP contribution is -2.67. The van der Waals surface area contributed by atoms with Crippen molar-refractivity contribution >= 4 is 6.09 Å². The largest absolute Gasteiger partial charge is 0.450 e. The molecule has 1 heterocycles. The first-order valence-corrected chi connectivity index (χ1v) is 4.82. The predicted molar refractivity (Wildman–Crippen MR) is 50.7 cm³/mol. The van der Waals surface area contributed by atoms with Crippen molar-refractivity contribution in [1.29, 1.82) is 0 Å². The molecular weight excluding hydrogens is 168 g/mol. The Morgan fingerprint density at radius 3 is 2.77 bits per heavy atom. The van der Waals surface area contributed by atoms with Crippen LogP contribution in [0.1, 0.15) is 26.7 Å². The zero-order valence-corrected chi connectivity index (χ0v) is 8.35. The number of rotatable bonds is 4. The summed E-state index contributed by atoms with van der Waals surface area (Å²) < 4.78 is 4.98. The van der Waals surface area contributed by atoms with Crippen molar-refractivity contribution in [2.45, 2.75) is 32.2 Å². The molecule has 0 aliphatic carbocycles. The number of ether oxygens (including phenoxy) is 1. The maximum Gasteiger partial charge on any atom is 0.407 e. The van der Waals surface area contributed by atoms with Crippen LogP contribution < -0.4 is 10.6 Å². The predicted octanol–water partition coefficient (Wildman–Crippen LogP) is 0.875. The molecule has 4 heteroatoms. The summed E-state index contributed by atoms with van der Waals surface area (Å²) in [4.78, 5) is 11.2. The number of amides is 1. The van der Waals surface area contributed by atoms with E-state index in [1.54, 1.807) is 0 Å². The van der Waals surface area contributed by atoms with Gasteiger partial charge in [0.1, 0.15) is 0 Å². The number of nitrogens with one attached hydrogen (secondary N) is 2. The second kappa shape index (κ2) is 4.46. The number of hydrogen-bond acceptors (Lipinski definition) is 3. The standard InChI is InChI=1S/C9H18N2O2/c1-3-4-5-13-8(12)11-9(2)6-10-7-9/h10H,3-7H2,1-2H3,(H,11,12). The zero-order chi connectivity index (χ0) is 9.73. The lowest BCUT2D eigenvalue weighted by Gasteiger charge is -2.39. The minimum Gasteiger partial charge on any atom is -0.450 e. The SMILES string of the molecule is CCCCOC(=O)NC1(C)CNC1. The van der Waals surface area contributed by atoms with Crippen LogP contribution in [-0.2, 0) is 4.74 Å². The molecule has 0 aromatic heterocycles. The number of alkyl carbamates (subject to hydrolysis) is 1. The van der Waals surface area contributed by atoms with Crippen LogP contribution in [0.4, 0.5) is 4.79 Å². The average molecular weight is 186 g/mol. The summed E-state index contributed by atoms with van der Waals surface area (Å²) in [6.45, 7) is 6.25. The smallest absolute Gasteiger partial charge is 0.407 e. The quantitative estimate of drug-likeness (QED) is 0.641. The van der Waals surface area contributed by atoms with E-state index in [1.165, 1.54) is 0 Å². The van der Waals surface area contributed by atoms with Crippen molar-refractivity contribution in [3.05, 3.63) is 0 Å². The first kappa shape index (κ1) is 10.3. The van der Waals surface area contributed by atoms with Crippen LogP contribution in [0.3, 0.4) is 0 Å². The van der Waals surface area contributed by atoms with Crippen molar-refractivity contribution in [1.82, 2.24) is 10.6 Å². The summed E-state index contributed by atoms with van der Waals surface area (Å²) >= 11 is 0. The van der Waals surface area contributed by atoms with Crippen molar-refractivity contribution in [2.75, 3.05) is 19.7 Å². The van der Waals surface area contributed by atoms with Crippen LogP contribution in [0.15, 0.2) is 0 Å². The highest BCUT2D eigenvalue weighted by Crippen LogP contribution is 2.08. The van der Waals surface area contributed by atoms with Crippen molar-refractivity contribution in [3.8, 4) is 0 Å². The highest BCUT2D eigenvalue weighted by Gasteiger charge is 2.33. The van der Waals surface area contributed by atoms with Crippen molar-refractivity contribution in [3.63, 3.8) is 0 Å². The zero-order valence-electron chi connectivity index (χ0n) is 8.35. The number of carbonyl (C=O) groups excluding carboxylic acids is 1. The average Bonchev–Trinajstić information content (AvgIpc) is 2.02. The molecule has 4 nitrogen and oxygen atoms in total. The van der Waals surface area contributed by atoms with E-state index in [1.807, 2.05) is 6.92 Å². The van der Waals surface area contributed by atoms with Gasteiger partial charge in [-0.1, -0.05) is 13.3 Å². The van der Waals surface area contributed by atoms with Gasteiger partial charge >= 0.3 is 6.09 Å². The Hall–Kier alpha value is -0.770. The van der Waals surface area contributed by atoms with E-state index in [4.69, 9.17) is 4.74 Å². The van der Waals surface area contributed by atoms with Gasteiger partial charge < -0.3 is 15.4 Å². The highest BCUT2D eigenvalue weighted by atomic mass is 16.5. The Balaban J connectivity index is 2.10. The molecule has 0 unspecified atom stereocenters. The lowest BCUT2D eigenvalue weighted by atomic mass is 9.96. The molecule has 0 aromatic rings. The molecule has 1 amide bonds. The van der Waals surface area contributed by atoms with E-state index in [9.17, 15) is 4.79 Å². The molecule has 0 saturated carbocycles. The molecule has 1 rings (SSSR count). The van der Waals surface area contributed by atoms with E-state index in [2.05, 4.69) is 17.6 Å². The van der Waals surface area contributed by atoms with E-state index >= 15 is 0 Å². The Morgan fingerprint density at radius 1 is 1.62 bits per heavy atom. The van der Waals surface area contributed by atoms with Crippen LogP contribution >= 0.6 is 0 Å². The van der Waals surface area contributed by atoms with Gasteiger partial charge in [0.05, 0.1) is 12.1 Å². The first-order valence-electron chi connectivity index (χ1n) is 4.82. The molecule has 1 saturated heterocycles. The monoisotopic (exact) mass is 186 g/mol. The van der Waals surface area contributed by atoms with Crippen molar-refractivity contribution < 1.29 is 9.53 Å². The third kappa shape index (κ3) is 3.22. The first-order chi connectivity index (χ1) is 6.16. The summed E-state index contributed by atoms with van der Waals surface area (Å²) in [5.74, 6) is 0. The molecule has 0 aromatic carbocycles. The minimum atomic E-state index is -0.294. The summed E-state index contributed by atoms with van der Waals surface area (Å²) in [6, 6.07) is 0. The normalized spacial score (nSPS) is 18.9. The maximum absolute atomic E-state index is 11.2. The van der Waals surface area contributed by atoms with E-state index in [-0.39, 0.29) is 11.6 Å².